The van der Waals surface area contributed by atoms with Crippen LogP contribution in [0.4, 0.5) is 0 Å². The number of aliphatic hydroxyl groups excluding tert-OH is 2. The Morgan fingerprint density at radius 1 is 0.422 bits per heavy atom. The molecule has 0 aliphatic heterocycles. The van der Waals surface area contributed by atoms with Gasteiger partial charge in [0.1, 0.15) is 0 Å². The molecular weight excluding hydrogens is 791 g/mol. The van der Waals surface area contributed by atoms with Crippen molar-refractivity contribution in [2.24, 2.45) is 0 Å². The van der Waals surface area contributed by atoms with Gasteiger partial charge in [-0.2, -0.15) is 0 Å². The van der Waals surface area contributed by atoms with Crippen molar-refractivity contribution in [2.75, 3.05) is 13.2 Å². The number of carbonyl (C=O) groups excluding carboxylic acids is 2. The van der Waals surface area contributed by atoms with Crippen molar-refractivity contribution >= 4 is 11.9 Å². The third-order valence-electron chi connectivity index (χ3n) is 12.9. The van der Waals surface area contributed by atoms with Gasteiger partial charge in [0.25, 0.3) is 0 Å². The molecule has 0 saturated heterocycles. The van der Waals surface area contributed by atoms with Crippen molar-refractivity contribution in [1.82, 2.24) is 5.32 Å². The van der Waals surface area contributed by atoms with Crippen LogP contribution in [0.25, 0.3) is 0 Å². The minimum atomic E-state index is -0.863. The van der Waals surface area contributed by atoms with Crippen LogP contribution in [0.2, 0.25) is 0 Å². The Morgan fingerprint density at radius 2 is 0.750 bits per heavy atom. The minimum Gasteiger partial charge on any atom is -0.466 e. The van der Waals surface area contributed by atoms with Crippen molar-refractivity contribution in [3.05, 3.63) is 36.5 Å². The van der Waals surface area contributed by atoms with Crippen LogP contribution in [0.15, 0.2) is 36.5 Å². The summed E-state index contributed by atoms with van der Waals surface area (Å²) in [6, 6.07) is -0.649. The average Bonchev–Trinajstić information content (AvgIpc) is 3.29. The maximum absolute atomic E-state index is 12.5. The number of unbranched alkanes of at least 4 members (excludes halogenated alkanes) is 37. The quantitative estimate of drug-likeness (QED) is 0.0321. The second kappa shape index (κ2) is 53.7. The van der Waals surface area contributed by atoms with Gasteiger partial charge in [-0.15, -0.1) is 0 Å². The molecule has 2 atom stereocenters. The predicted octanol–water partition coefficient (Wildman–Crippen LogP) is 17.2. The van der Waals surface area contributed by atoms with Crippen molar-refractivity contribution in [1.29, 1.82) is 0 Å². The van der Waals surface area contributed by atoms with Crippen LogP contribution in [-0.2, 0) is 14.3 Å². The van der Waals surface area contributed by atoms with Crippen LogP contribution in [-0.4, -0.2) is 47.4 Å². The largest absolute Gasteiger partial charge is 0.466 e. The van der Waals surface area contributed by atoms with Gasteiger partial charge >= 0.3 is 5.97 Å². The van der Waals surface area contributed by atoms with Crippen molar-refractivity contribution < 1.29 is 24.5 Å². The Labute approximate surface area is 398 Å². The van der Waals surface area contributed by atoms with E-state index in [4.69, 9.17) is 4.74 Å². The zero-order chi connectivity index (χ0) is 46.5. The molecule has 3 N–H and O–H groups in total. The van der Waals surface area contributed by atoms with Gasteiger partial charge < -0.3 is 20.3 Å². The summed E-state index contributed by atoms with van der Waals surface area (Å²) in [5, 5.41) is 23.1. The number of ether oxygens (including phenoxy) is 1. The first-order valence-electron chi connectivity index (χ1n) is 28.3. The molecule has 2 unspecified atom stereocenters. The van der Waals surface area contributed by atoms with Gasteiger partial charge in [0, 0.05) is 12.8 Å². The van der Waals surface area contributed by atoms with Crippen molar-refractivity contribution in [3.8, 4) is 0 Å². The molecule has 0 aromatic rings. The second-order valence-corrected chi connectivity index (χ2v) is 19.3. The molecular formula is C58H109NO5. The lowest BCUT2D eigenvalue weighted by atomic mass is 10.0. The molecule has 0 saturated carbocycles. The predicted molar refractivity (Wildman–Crippen MR) is 278 cm³/mol. The Kier molecular flexibility index (Phi) is 52.1. The van der Waals surface area contributed by atoms with Crippen LogP contribution in [0.3, 0.4) is 0 Å². The summed E-state index contributed by atoms with van der Waals surface area (Å²) < 4.78 is 5.43. The molecule has 64 heavy (non-hydrogen) atoms. The van der Waals surface area contributed by atoms with Gasteiger partial charge in [-0.25, -0.2) is 0 Å². The number of esters is 1. The molecule has 0 spiro atoms. The highest BCUT2D eigenvalue weighted by molar-refractivity contribution is 5.76. The number of nitrogens with one attached hydrogen (secondary N) is 1. The number of rotatable bonds is 52. The van der Waals surface area contributed by atoms with E-state index in [0.29, 0.717) is 19.4 Å². The maximum atomic E-state index is 12.5. The average molecular weight is 901 g/mol. The van der Waals surface area contributed by atoms with E-state index in [1.165, 1.54) is 199 Å². The molecule has 0 aliphatic rings. The van der Waals surface area contributed by atoms with Gasteiger partial charge in [-0.1, -0.05) is 243 Å². The van der Waals surface area contributed by atoms with Crippen LogP contribution in [0.1, 0.15) is 296 Å². The lowest BCUT2D eigenvalue weighted by Gasteiger charge is -2.19. The molecule has 0 fully saturated rings. The highest BCUT2D eigenvalue weighted by Gasteiger charge is 2.18. The standard InChI is InChI=1S/C58H109NO5/c1-3-5-7-9-11-13-15-16-17-18-19-20-21-22-23-24-25-27-31-34-38-42-46-50-56(61)55(54-60)59-57(62)51-47-43-39-35-32-28-26-29-33-37-41-45-49-53-64-58(63)52-48-44-40-36-30-14-12-10-8-6-4-2/h10,12,28,32,46,50,55-56,60-61H,3-9,11,13-27,29-31,33-45,47-49,51-54H2,1-2H3,(H,59,62)/b12-10-,32-28-,50-46+. The summed E-state index contributed by atoms with van der Waals surface area (Å²) in [7, 11) is 0. The number of aliphatic hydroxyl groups is 2. The molecule has 0 aliphatic carbocycles. The van der Waals surface area contributed by atoms with E-state index in [0.717, 1.165) is 70.6 Å². The van der Waals surface area contributed by atoms with Gasteiger partial charge in [0.2, 0.25) is 5.91 Å². The first kappa shape index (κ1) is 62.1. The molecule has 6 heteroatoms. The number of carbonyl (C=O) groups is 2. The Hall–Kier alpha value is -1.92. The molecule has 0 heterocycles. The number of hydrogen-bond donors (Lipinski definition) is 3. The fourth-order valence-electron chi connectivity index (χ4n) is 8.49. The second-order valence-electron chi connectivity index (χ2n) is 19.3. The zero-order valence-corrected chi connectivity index (χ0v) is 42.8. The molecule has 6 nitrogen and oxygen atoms in total. The third-order valence-corrected chi connectivity index (χ3v) is 12.9. The highest BCUT2D eigenvalue weighted by atomic mass is 16.5. The minimum absolute atomic E-state index is 0.0251. The lowest BCUT2D eigenvalue weighted by molar-refractivity contribution is -0.143. The van der Waals surface area contributed by atoms with Crippen LogP contribution >= 0.6 is 0 Å². The number of allylic oxidation sites excluding steroid dienone is 5. The Bertz CT molecular complexity index is 1040. The van der Waals surface area contributed by atoms with E-state index in [2.05, 4.69) is 43.5 Å². The molecule has 0 radical (unpaired) electrons. The molecule has 0 bridgehead atoms. The van der Waals surface area contributed by atoms with E-state index in [1.807, 2.05) is 6.08 Å². The third kappa shape index (κ3) is 49.5. The SMILES string of the molecule is CCCC/C=C\CCCCCCCC(=O)OCCCCCCCC/C=C\CCCCCC(=O)NC(CO)C(O)/C=C/CCCCCCCCCCCCCCCCCCCCCCC. The lowest BCUT2D eigenvalue weighted by Crippen LogP contribution is -2.45. The molecule has 0 aromatic carbocycles. The van der Waals surface area contributed by atoms with E-state index >= 15 is 0 Å². The summed E-state index contributed by atoms with van der Waals surface area (Å²) in [5.41, 5.74) is 0. The Morgan fingerprint density at radius 3 is 1.17 bits per heavy atom. The van der Waals surface area contributed by atoms with Gasteiger partial charge in [0.05, 0.1) is 25.4 Å². The monoisotopic (exact) mass is 900 g/mol. The fraction of sp³-hybridized carbons (Fsp3) is 0.862. The van der Waals surface area contributed by atoms with Crippen LogP contribution < -0.4 is 5.32 Å². The molecule has 376 valence electrons. The summed E-state index contributed by atoms with van der Waals surface area (Å²) >= 11 is 0. The normalized spacial score (nSPS) is 12.9. The van der Waals surface area contributed by atoms with E-state index in [9.17, 15) is 19.8 Å². The summed E-state index contributed by atoms with van der Waals surface area (Å²) in [4.78, 5) is 24.4. The van der Waals surface area contributed by atoms with Crippen LogP contribution in [0, 0.1) is 0 Å². The molecule has 0 aromatic heterocycles. The van der Waals surface area contributed by atoms with E-state index < -0.39 is 12.1 Å². The van der Waals surface area contributed by atoms with Gasteiger partial charge in [0.15, 0.2) is 0 Å². The summed E-state index contributed by atoms with van der Waals surface area (Å²) in [5.74, 6) is -0.122. The van der Waals surface area contributed by atoms with Gasteiger partial charge in [-0.05, 0) is 77.0 Å². The topological polar surface area (TPSA) is 95.9 Å². The van der Waals surface area contributed by atoms with Crippen molar-refractivity contribution in [3.63, 3.8) is 0 Å². The molecule has 1 amide bonds. The van der Waals surface area contributed by atoms with E-state index in [1.54, 1.807) is 6.08 Å². The highest BCUT2D eigenvalue weighted by Crippen LogP contribution is 2.16. The Balaban J connectivity index is 3.54. The van der Waals surface area contributed by atoms with Crippen molar-refractivity contribution in [2.45, 2.75) is 309 Å². The molecule has 0 rings (SSSR count). The first-order chi connectivity index (χ1) is 31.5. The van der Waals surface area contributed by atoms with Gasteiger partial charge in [-0.3, -0.25) is 9.59 Å². The summed E-state index contributed by atoms with van der Waals surface area (Å²) in [6.07, 6.45) is 65.9. The number of hydrogen-bond acceptors (Lipinski definition) is 5. The number of amides is 1. The smallest absolute Gasteiger partial charge is 0.305 e. The van der Waals surface area contributed by atoms with Crippen LogP contribution in [0.5, 0.6) is 0 Å². The fourth-order valence-corrected chi connectivity index (χ4v) is 8.49. The summed E-state index contributed by atoms with van der Waals surface area (Å²) in [6.45, 7) is 4.83. The van der Waals surface area contributed by atoms with E-state index in [-0.39, 0.29) is 18.5 Å². The maximum Gasteiger partial charge on any atom is 0.305 e. The first-order valence-corrected chi connectivity index (χ1v) is 28.3. The zero-order valence-electron chi connectivity index (χ0n) is 42.8.